The second-order valence-electron chi connectivity index (χ2n) is 7.35. The van der Waals surface area contributed by atoms with Gasteiger partial charge < -0.3 is 15.0 Å². The number of hydrogen-bond donors (Lipinski definition) is 1. The third kappa shape index (κ3) is 5.20. The Labute approximate surface area is 190 Å². The standard InChI is InChI=1S/C22H24ClN5O2S/c1-15-3-7-18(8-4-15)28-21(27-9-11-30-12-10-27)25-26-22(28)31-14-20(29)24-17-6-5-16(2)19(23)13-17/h3-8,13H,9-12,14H2,1-2H3,(H,24,29). The molecule has 4 rings (SSSR count). The van der Waals surface area contributed by atoms with Crippen LogP contribution in [0.4, 0.5) is 11.6 Å². The van der Waals surface area contributed by atoms with Gasteiger partial charge in [0.2, 0.25) is 11.9 Å². The van der Waals surface area contributed by atoms with E-state index in [2.05, 4.69) is 39.5 Å². The first-order chi connectivity index (χ1) is 15.0. The summed E-state index contributed by atoms with van der Waals surface area (Å²) in [6.07, 6.45) is 0. The maximum atomic E-state index is 12.5. The van der Waals surface area contributed by atoms with Crippen LogP contribution in [0.1, 0.15) is 11.1 Å². The summed E-state index contributed by atoms with van der Waals surface area (Å²) in [6, 6.07) is 13.7. The van der Waals surface area contributed by atoms with Crippen molar-refractivity contribution in [3.63, 3.8) is 0 Å². The van der Waals surface area contributed by atoms with Gasteiger partial charge in [-0.1, -0.05) is 47.1 Å². The first-order valence-corrected chi connectivity index (χ1v) is 11.4. The Hall–Kier alpha value is -2.55. The second-order valence-corrected chi connectivity index (χ2v) is 8.70. The molecule has 1 fully saturated rings. The van der Waals surface area contributed by atoms with Crippen molar-refractivity contribution in [3.8, 4) is 5.69 Å². The number of hydrogen-bond acceptors (Lipinski definition) is 6. The molecule has 0 bridgehead atoms. The normalized spacial score (nSPS) is 14.0. The second kappa shape index (κ2) is 9.72. The van der Waals surface area contributed by atoms with E-state index in [1.165, 1.54) is 17.3 Å². The van der Waals surface area contributed by atoms with Crippen LogP contribution < -0.4 is 10.2 Å². The summed E-state index contributed by atoms with van der Waals surface area (Å²) in [5, 5.41) is 13.0. The van der Waals surface area contributed by atoms with Gasteiger partial charge in [0.05, 0.1) is 24.7 Å². The van der Waals surface area contributed by atoms with E-state index in [1.54, 1.807) is 6.07 Å². The Balaban J connectivity index is 1.53. The van der Waals surface area contributed by atoms with E-state index in [4.69, 9.17) is 16.3 Å². The van der Waals surface area contributed by atoms with Crippen LogP contribution in [0, 0.1) is 13.8 Å². The first-order valence-electron chi connectivity index (χ1n) is 10.1. The van der Waals surface area contributed by atoms with Crippen LogP contribution in [0.5, 0.6) is 0 Å². The monoisotopic (exact) mass is 457 g/mol. The van der Waals surface area contributed by atoms with Crippen LogP contribution in [0.3, 0.4) is 0 Å². The highest BCUT2D eigenvalue weighted by atomic mass is 35.5. The van der Waals surface area contributed by atoms with Crippen LogP contribution in [-0.2, 0) is 9.53 Å². The molecule has 0 aliphatic carbocycles. The Morgan fingerprint density at radius 1 is 1.13 bits per heavy atom. The molecule has 9 heteroatoms. The van der Waals surface area contributed by atoms with Gasteiger partial charge in [0.1, 0.15) is 0 Å². The molecule has 0 unspecified atom stereocenters. The number of rotatable bonds is 6. The van der Waals surface area contributed by atoms with Crippen LogP contribution in [0.15, 0.2) is 47.6 Å². The average molecular weight is 458 g/mol. The highest BCUT2D eigenvalue weighted by Crippen LogP contribution is 2.28. The predicted octanol–water partition coefficient (Wildman–Crippen LogP) is 4.10. The molecule has 0 saturated carbocycles. The smallest absolute Gasteiger partial charge is 0.234 e. The molecule has 2 aromatic carbocycles. The molecule has 1 N–H and O–H groups in total. The van der Waals surface area contributed by atoms with E-state index in [-0.39, 0.29) is 11.7 Å². The van der Waals surface area contributed by atoms with E-state index in [9.17, 15) is 4.79 Å². The van der Waals surface area contributed by atoms with Crippen molar-refractivity contribution >= 4 is 40.9 Å². The molecule has 3 aromatic rings. The number of thioether (sulfide) groups is 1. The number of benzene rings is 2. The van der Waals surface area contributed by atoms with Crippen LogP contribution in [0.2, 0.25) is 5.02 Å². The number of nitrogens with zero attached hydrogens (tertiary/aromatic N) is 4. The molecule has 7 nitrogen and oxygen atoms in total. The summed E-state index contributed by atoms with van der Waals surface area (Å²) in [6.45, 7) is 6.80. The Morgan fingerprint density at radius 2 is 1.87 bits per heavy atom. The molecule has 0 spiro atoms. The highest BCUT2D eigenvalue weighted by Gasteiger charge is 2.22. The lowest BCUT2D eigenvalue weighted by molar-refractivity contribution is -0.113. The van der Waals surface area contributed by atoms with Gasteiger partial charge in [-0.2, -0.15) is 0 Å². The molecule has 1 saturated heterocycles. The minimum Gasteiger partial charge on any atom is -0.378 e. The van der Waals surface area contributed by atoms with Gasteiger partial charge in [-0.05, 0) is 43.7 Å². The summed E-state index contributed by atoms with van der Waals surface area (Å²) in [4.78, 5) is 14.7. The number of amides is 1. The van der Waals surface area contributed by atoms with Gasteiger partial charge in [-0.3, -0.25) is 9.36 Å². The van der Waals surface area contributed by atoms with Gasteiger partial charge in [-0.15, -0.1) is 10.2 Å². The summed E-state index contributed by atoms with van der Waals surface area (Å²) in [7, 11) is 0. The van der Waals surface area contributed by atoms with Crippen molar-refractivity contribution in [2.45, 2.75) is 19.0 Å². The van der Waals surface area contributed by atoms with E-state index in [1.807, 2.05) is 35.8 Å². The molecule has 0 radical (unpaired) electrons. The molecule has 0 atom stereocenters. The maximum absolute atomic E-state index is 12.5. The Morgan fingerprint density at radius 3 is 2.58 bits per heavy atom. The fourth-order valence-corrected chi connectivity index (χ4v) is 4.17. The van der Waals surface area contributed by atoms with Crippen LogP contribution in [0.25, 0.3) is 5.69 Å². The largest absolute Gasteiger partial charge is 0.378 e. The van der Waals surface area contributed by atoms with E-state index >= 15 is 0 Å². The van der Waals surface area contributed by atoms with Crippen LogP contribution in [-0.4, -0.2) is 52.7 Å². The van der Waals surface area contributed by atoms with Gasteiger partial charge in [-0.25, -0.2) is 0 Å². The van der Waals surface area contributed by atoms with Crippen molar-refractivity contribution < 1.29 is 9.53 Å². The molecule has 162 valence electrons. The number of aromatic nitrogens is 3. The zero-order chi connectivity index (χ0) is 21.8. The lowest BCUT2D eigenvalue weighted by atomic mass is 10.2. The number of morpholine rings is 1. The number of ether oxygens (including phenoxy) is 1. The molecular weight excluding hydrogens is 434 g/mol. The number of nitrogens with one attached hydrogen (secondary N) is 1. The number of carbonyl (C=O) groups is 1. The average Bonchev–Trinajstić information content (AvgIpc) is 3.20. The van der Waals surface area contributed by atoms with Gasteiger partial charge in [0.15, 0.2) is 5.16 Å². The van der Waals surface area contributed by atoms with Crippen molar-refractivity contribution in [2.75, 3.05) is 42.3 Å². The maximum Gasteiger partial charge on any atom is 0.234 e. The van der Waals surface area contributed by atoms with E-state index in [0.29, 0.717) is 29.1 Å². The van der Waals surface area contributed by atoms with E-state index in [0.717, 1.165) is 30.3 Å². The Kier molecular flexibility index (Phi) is 6.80. The van der Waals surface area contributed by atoms with Crippen molar-refractivity contribution in [1.29, 1.82) is 0 Å². The summed E-state index contributed by atoms with van der Waals surface area (Å²) < 4.78 is 7.48. The molecule has 1 aliphatic rings. The predicted molar refractivity (Wildman–Crippen MR) is 125 cm³/mol. The SMILES string of the molecule is Cc1ccc(-n2c(SCC(=O)Nc3ccc(C)c(Cl)c3)nnc2N2CCOCC2)cc1. The number of aryl methyl sites for hydroxylation is 2. The molecule has 1 amide bonds. The fourth-order valence-electron chi connectivity index (χ4n) is 3.24. The molecule has 1 aromatic heterocycles. The quantitative estimate of drug-likeness (QED) is 0.562. The third-order valence-corrected chi connectivity index (χ3v) is 6.33. The molecule has 2 heterocycles. The number of carbonyl (C=O) groups excluding carboxylic acids is 1. The summed E-state index contributed by atoms with van der Waals surface area (Å²) in [5.41, 5.74) is 3.78. The molecule has 31 heavy (non-hydrogen) atoms. The van der Waals surface area contributed by atoms with Crippen LogP contribution >= 0.6 is 23.4 Å². The van der Waals surface area contributed by atoms with E-state index < -0.39 is 0 Å². The minimum absolute atomic E-state index is 0.128. The zero-order valence-electron chi connectivity index (χ0n) is 17.5. The lowest BCUT2D eigenvalue weighted by Gasteiger charge is -2.27. The van der Waals surface area contributed by atoms with Crippen molar-refractivity contribution in [3.05, 3.63) is 58.6 Å². The van der Waals surface area contributed by atoms with Gasteiger partial charge in [0, 0.05) is 23.8 Å². The molecule has 1 aliphatic heterocycles. The summed E-state index contributed by atoms with van der Waals surface area (Å²) in [5.74, 6) is 0.843. The van der Waals surface area contributed by atoms with Crippen molar-refractivity contribution in [2.24, 2.45) is 0 Å². The van der Waals surface area contributed by atoms with Gasteiger partial charge >= 0.3 is 0 Å². The topological polar surface area (TPSA) is 72.3 Å². The zero-order valence-corrected chi connectivity index (χ0v) is 19.0. The third-order valence-electron chi connectivity index (χ3n) is 4.99. The lowest BCUT2D eigenvalue weighted by Crippen LogP contribution is -2.37. The van der Waals surface area contributed by atoms with Crippen molar-refractivity contribution in [1.82, 2.24) is 14.8 Å². The minimum atomic E-state index is -0.128. The van der Waals surface area contributed by atoms with Gasteiger partial charge in [0.25, 0.3) is 0 Å². The number of halogens is 1. The number of anilines is 2. The Bertz CT molecular complexity index is 1060. The molecular formula is C22H24ClN5O2S. The fraction of sp³-hybridized carbons (Fsp3) is 0.318. The summed E-state index contributed by atoms with van der Waals surface area (Å²) >= 11 is 7.51. The first kappa shape index (κ1) is 21.7. The highest BCUT2D eigenvalue weighted by molar-refractivity contribution is 7.99.